The van der Waals surface area contributed by atoms with E-state index >= 15 is 0 Å². The van der Waals surface area contributed by atoms with Gasteiger partial charge in [-0.05, 0) is 42.6 Å². The number of ether oxygens (including phenoxy) is 1. The van der Waals surface area contributed by atoms with Gasteiger partial charge in [0.05, 0.1) is 24.4 Å². The number of anilines is 2. The smallest absolute Gasteiger partial charge is 0.258 e. The summed E-state index contributed by atoms with van der Waals surface area (Å²) in [5, 5.41) is 10.1. The SMILES string of the molecule is CCOc1ccc(NC(=O)CN2CCc3nc(NC(=O)c4ccsc4)sc3C2)cc1. The van der Waals surface area contributed by atoms with E-state index in [1.807, 2.05) is 41.9 Å². The molecule has 2 amide bonds. The minimum atomic E-state index is -0.145. The zero-order valence-corrected chi connectivity index (χ0v) is 18.1. The summed E-state index contributed by atoms with van der Waals surface area (Å²) < 4.78 is 5.42. The van der Waals surface area contributed by atoms with Crippen LogP contribution >= 0.6 is 22.7 Å². The molecular formula is C21H22N4O3S2. The summed E-state index contributed by atoms with van der Waals surface area (Å²) in [6.07, 6.45) is 0.760. The molecule has 1 aliphatic heterocycles. The highest BCUT2D eigenvalue weighted by Gasteiger charge is 2.23. The van der Waals surface area contributed by atoms with Gasteiger partial charge >= 0.3 is 0 Å². The van der Waals surface area contributed by atoms with Gasteiger partial charge in [-0.2, -0.15) is 11.3 Å². The zero-order chi connectivity index (χ0) is 20.9. The highest BCUT2D eigenvalue weighted by Crippen LogP contribution is 2.28. The number of nitrogens with zero attached hydrogens (tertiary/aromatic N) is 2. The van der Waals surface area contributed by atoms with Gasteiger partial charge in [0.1, 0.15) is 5.75 Å². The molecule has 30 heavy (non-hydrogen) atoms. The average molecular weight is 443 g/mol. The molecule has 4 rings (SSSR count). The summed E-state index contributed by atoms with van der Waals surface area (Å²) in [6.45, 7) is 4.26. The van der Waals surface area contributed by atoms with Crippen LogP contribution in [0, 0.1) is 0 Å². The molecule has 2 N–H and O–H groups in total. The molecule has 0 bridgehead atoms. The Morgan fingerprint density at radius 2 is 2.03 bits per heavy atom. The number of rotatable bonds is 7. The van der Waals surface area contributed by atoms with Crippen molar-refractivity contribution in [3.63, 3.8) is 0 Å². The van der Waals surface area contributed by atoms with E-state index in [-0.39, 0.29) is 11.8 Å². The number of thiazole rings is 1. The molecule has 3 heterocycles. The third-order valence-corrected chi connectivity index (χ3v) is 6.31. The fraction of sp³-hybridized carbons (Fsp3) is 0.286. The quantitative estimate of drug-likeness (QED) is 0.581. The molecule has 0 unspecified atom stereocenters. The molecule has 0 radical (unpaired) electrons. The molecule has 1 aromatic carbocycles. The Bertz CT molecular complexity index is 1020. The third-order valence-electron chi connectivity index (χ3n) is 4.63. The Balaban J connectivity index is 1.31. The Hall–Kier alpha value is -2.75. The first-order valence-corrected chi connectivity index (χ1v) is 11.4. The highest BCUT2D eigenvalue weighted by molar-refractivity contribution is 7.16. The van der Waals surface area contributed by atoms with Crippen LogP contribution in [0.15, 0.2) is 41.1 Å². The maximum Gasteiger partial charge on any atom is 0.258 e. The summed E-state index contributed by atoms with van der Waals surface area (Å²) in [7, 11) is 0. The second-order valence-corrected chi connectivity index (χ2v) is 8.68. The van der Waals surface area contributed by atoms with Crippen LogP contribution in [0.2, 0.25) is 0 Å². The predicted octanol–water partition coefficient (Wildman–Crippen LogP) is 3.85. The second kappa shape index (κ2) is 9.38. The lowest BCUT2D eigenvalue weighted by molar-refractivity contribution is -0.117. The molecule has 0 saturated carbocycles. The zero-order valence-electron chi connectivity index (χ0n) is 16.5. The van der Waals surface area contributed by atoms with Gasteiger partial charge in [-0.3, -0.25) is 19.8 Å². The number of fused-ring (bicyclic) bond motifs is 1. The number of hydrogen-bond donors (Lipinski definition) is 2. The molecule has 1 aliphatic rings. The Morgan fingerprint density at radius 1 is 1.20 bits per heavy atom. The minimum Gasteiger partial charge on any atom is -0.494 e. The minimum absolute atomic E-state index is 0.0573. The van der Waals surface area contributed by atoms with Crippen molar-refractivity contribution in [3.05, 3.63) is 57.2 Å². The van der Waals surface area contributed by atoms with E-state index in [2.05, 4.69) is 20.5 Å². The molecule has 2 aromatic heterocycles. The first-order valence-electron chi connectivity index (χ1n) is 9.68. The molecule has 3 aromatic rings. The standard InChI is InChI=1S/C21H22N4O3S2/c1-2-28-16-5-3-15(4-6-16)22-19(26)12-25-9-7-17-18(11-25)30-21(23-17)24-20(27)14-8-10-29-13-14/h3-6,8,10,13H,2,7,9,11-12H2,1H3,(H,22,26)(H,23,24,27). The topological polar surface area (TPSA) is 83.6 Å². The van der Waals surface area contributed by atoms with Gasteiger partial charge in [0.15, 0.2) is 5.13 Å². The first-order chi connectivity index (χ1) is 14.6. The summed E-state index contributed by atoms with van der Waals surface area (Å²) in [5.41, 5.74) is 2.39. The monoisotopic (exact) mass is 442 g/mol. The van der Waals surface area contributed by atoms with Crippen LogP contribution in [0.3, 0.4) is 0 Å². The molecule has 0 spiro atoms. The molecule has 9 heteroatoms. The normalized spacial score (nSPS) is 13.5. The fourth-order valence-electron chi connectivity index (χ4n) is 3.20. The maximum atomic E-state index is 12.4. The number of carbonyl (C=O) groups is 2. The fourth-order valence-corrected chi connectivity index (χ4v) is 4.89. The maximum absolute atomic E-state index is 12.4. The van der Waals surface area contributed by atoms with Crippen LogP contribution < -0.4 is 15.4 Å². The molecule has 0 saturated heterocycles. The summed E-state index contributed by atoms with van der Waals surface area (Å²) in [4.78, 5) is 32.4. The summed E-state index contributed by atoms with van der Waals surface area (Å²) in [6, 6.07) is 9.15. The Kier molecular flexibility index (Phi) is 6.41. The number of nitrogens with one attached hydrogen (secondary N) is 2. The van der Waals surface area contributed by atoms with E-state index in [4.69, 9.17) is 4.74 Å². The molecule has 0 fully saturated rings. The number of amides is 2. The van der Waals surface area contributed by atoms with Crippen LogP contribution in [0.1, 0.15) is 27.9 Å². The van der Waals surface area contributed by atoms with Gasteiger partial charge in [0.25, 0.3) is 5.91 Å². The van der Waals surface area contributed by atoms with Crippen LogP contribution in [-0.2, 0) is 17.8 Å². The second-order valence-electron chi connectivity index (χ2n) is 6.82. The van der Waals surface area contributed by atoms with Crippen LogP contribution in [0.4, 0.5) is 10.8 Å². The van der Waals surface area contributed by atoms with E-state index in [0.29, 0.717) is 30.4 Å². The van der Waals surface area contributed by atoms with Crippen LogP contribution in [0.5, 0.6) is 5.75 Å². The van der Waals surface area contributed by atoms with Crippen molar-refractivity contribution in [2.24, 2.45) is 0 Å². The largest absolute Gasteiger partial charge is 0.494 e. The third kappa shape index (κ3) is 5.05. The van der Waals surface area contributed by atoms with Crippen molar-refractivity contribution in [2.75, 3.05) is 30.3 Å². The van der Waals surface area contributed by atoms with Crippen LogP contribution in [0.25, 0.3) is 0 Å². The lowest BCUT2D eigenvalue weighted by atomic mass is 10.2. The van der Waals surface area contributed by atoms with E-state index < -0.39 is 0 Å². The van der Waals surface area contributed by atoms with Crippen molar-refractivity contribution < 1.29 is 14.3 Å². The van der Waals surface area contributed by atoms with Crippen LogP contribution in [-0.4, -0.2) is 41.4 Å². The lowest BCUT2D eigenvalue weighted by Gasteiger charge is -2.25. The molecule has 156 valence electrons. The van der Waals surface area contributed by atoms with E-state index in [9.17, 15) is 9.59 Å². The number of carbonyl (C=O) groups excluding carboxylic acids is 2. The predicted molar refractivity (Wildman–Crippen MR) is 120 cm³/mol. The first kappa shape index (κ1) is 20.5. The molecule has 0 atom stereocenters. The molecular weight excluding hydrogens is 420 g/mol. The number of aromatic nitrogens is 1. The highest BCUT2D eigenvalue weighted by atomic mass is 32.1. The van der Waals surface area contributed by atoms with Crippen molar-refractivity contribution in [2.45, 2.75) is 19.9 Å². The van der Waals surface area contributed by atoms with Gasteiger partial charge in [-0.25, -0.2) is 4.98 Å². The van der Waals surface area contributed by atoms with Crippen molar-refractivity contribution in [1.29, 1.82) is 0 Å². The van der Waals surface area contributed by atoms with Crippen molar-refractivity contribution in [3.8, 4) is 5.75 Å². The van der Waals surface area contributed by atoms with E-state index in [1.165, 1.54) is 22.7 Å². The summed E-state index contributed by atoms with van der Waals surface area (Å²) in [5.74, 6) is 0.582. The molecule has 7 nitrogen and oxygen atoms in total. The van der Waals surface area contributed by atoms with Crippen molar-refractivity contribution >= 4 is 45.3 Å². The van der Waals surface area contributed by atoms with Gasteiger partial charge < -0.3 is 10.1 Å². The number of hydrogen-bond acceptors (Lipinski definition) is 7. The van der Waals surface area contributed by atoms with E-state index in [1.54, 1.807) is 6.07 Å². The lowest BCUT2D eigenvalue weighted by Crippen LogP contribution is -2.36. The Labute approximate surface area is 182 Å². The van der Waals surface area contributed by atoms with E-state index in [0.717, 1.165) is 35.0 Å². The van der Waals surface area contributed by atoms with Gasteiger partial charge in [0.2, 0.25) is 5.91 Å². The number of benzene rings is 1. The average Bonchev–Trinajstić information content (AvgIpc) is 3.39. The van der Waals surface area contributed by atoms with Gasteiger partial charge in [-0.1, -0.05) is 0 Å². The molecule has 0 aliphatic carbocycles. The summed E-state index contributed by atoms with van der Waals surface area (Å²) >= 11 is 2.96. The van der Waals surface area contributed by atoms with Gasteiger partial charge in [-0.15, -0.1) is 11.3 Å². The Morgan fingerprint density at radius 3 is 2.77 bits per heavy atom. The number of thiophene rings is 1. The van der Waals surface area contributed by atoms with Gasteiger partial charge in [0, 0.05) is 35.5 Å². The van der Waals surface area contributed by atoms with Crippen molar-refractivity contribution in [1.82, 2.24) is 9.88 Å².